The fourth-order valence-electron chi connectivity index (χ4n) is 1.29. The third-order valence-electron chi connectivity index (χ3n) is 2.35. The molecule has 1 heterocycles. The fourth-order valence-corrected chi connectivity index (χ4v) is 1.29. The smallest absolute Gasteiger partial charge is 0.308 e. The van der Waals surface area contributed by atoms with Gasteiger partial charge in [-0.25, -0.2) is 4.98 Å². The molecule has 0 spiro atoms. The molecule has 0 saturated heterocycles. The number of nitrogens with one attached hydrogen (secondary N) is 2. The van der Waals surface area contributed by atoms with Crippen LogP contribution in [0.2, 0.25) is 0 Å². The van der Waals surface area contributed by atoms with Crippen LogP contribution in [0.15, 0.2) is 12.5 Å². The molecule has 16 heavy (non-hydrogen) atoms. The van der Waals surface area contributed by atoms with E-state index < -0.39 is 11.9 Å². The maximum atomic E-state index is 11.5. The van der Waals surface area contributed by atoms with Crippen molar-refractivity contribution in [1.29, 1.82) is 0 Å². The van der Waals surface area contributed by atoms with Gasteiger partial charge in [-0.1, -0.05) is 13.8 Å². The van der Waals surface area contributed by atoms with Crippen molar-refractivity contribution in [2.24, 2.45) is 11.8 Å². The molecule has 1 amide bonds. The van der Waals surface area contributed by atoms with Crippen molar-refractivity contribution < 1.29 is 14.7 Å². The van der Waals surface area contributed by atoms with Gasteiger partial charge in [-0.3, -0.25) is 9.59 Å². The van der Waals surface area contributed by atoms with Crippen LogP contribution in [0.25, 0.3) is 0 Å². The van der Waals surface area contributed by atoms with Crippen LogP contribution < -0.4 is 5.32 Å². The number of hydrogen-bond acceptors (Lipinski definition) is 3. The molecule has 1 unspecified atom stereocenters. The monoisotopic (exact) mass is 225 g/mol. The average Bonchev–Trinajstić information content (AvgIpc) is 2.69. The Bertz CT molecular complexity index is 359. The minimum absolute atomic E-state index is 0.0282. The number of amides is 1. The van der Waals surface area contributed by atoms with Crippen LogP contribution in [-0.2, 0) is 4.79 Å². The zero-order valence-electron chi connectivity index (χ0n) is 9.23. The Balaban J connectivity index is 2.50. The van der Waals surface area contributed by atoms with Crippen molar-refractivity contribution in [3.05, 3.63) is 18.2 Å². The van der Waals surface area contributed by atoms with Crippen molar-refractivity contribution in [3.63, 3.8) is 0 Å². The fraction of sp³-hybridized carbons (Fsp3) is 0.500. The Morgan fingerprint density at radius 1 is 1.56 bits per heavy atom. The van der Waals surface area contributed by atoms with Gasteiger partial charge in [-0.2, -0.15) is 0 Å². The minimum Gasteiger partial charge on any atom is -0.481 e. The first-order valence-corrected chi connectivity index (χ1v) is 5.01. The third-order valence-corrected chi connectivity index (χ3v) is 2.35. The largest absolute Gasteiger partial charge is 0.481 e. The molecule has 3 N–H and O–H groups in total. The van der Waals surface area contributed by atoms with E-state index in [0.29, 0.717) is 5.69 Å². The van der Waals surface area contributed by atoms with Gasteiger partial charge in [-0.15, -0.1) is 0 Å². The highest BCUT2D eigenvalue weighted by molar-refractivity contribution is 5.92. The third kappa shape index (κ3) is 3.08. The zero-order chi connectivity index (χ0) is 12.1. The maximum Gasteiger partial charge on any atom is 0.308 e. The lowest BCUT2D eigenvalue weighted by atomic mass is 9.96. The molecule has 0 aliphatic heterocycles. The van der Waals surface area contributed by atoms with Gasteiger partial charge in [0.15, 0.2) is 0 Å². The highest BCUT2D eigenvalue weighted by Crippen LogP contribution is 2.09. The maximum absolute atomic E-state index is 11.5. The van der Waals surface area contributed by atoms with Gasteiger partial charge in [0.25, 0.3) is 5.91 Å². The van der Waals surface area contributed by atoms with Gasteiger partial charge in [0.2, 0.25) is 0 Å². The number of imidazole rings is 1. The summed E-state index contributed by atoms with van der Waals surface area (Å²) in [5.74, 6) is -1.85. The van der Waals surface area contributed by atoms with E-state index in [2.05, 4.69) is 15.3 Å². The van der Waals surface area contributed by atoms with Crippen LogP contribution >= 0.6 is 0 Å². The number of H-pyrrole nitrogens is 1. The van der Waals surface area contributed by atoms with Crippen LogP contribution in [0.5, 0.6) is 0 Å². The first-order valence-electron chi connectivity index (χ1n) is 5.01. The van der Waals surface area contributed by atoms with Crippen LogP contribution in [0.3, 0.4) is 0 Å². The van der Waals surface area contributed by atoms with Crippen molar-refractivity contribution in [1.82, 2.24) is 15.3 Å². The first-order chi connectivity index (χ1) is 7.52. The summed E-state index contributed by atoms with van der Waals surface area (Å²) in [6.45, 7) is 3.73. The van der Waals surface area contributed by atoms with E-state index in [9.17, 15) is 9.59 Å². The van der Waals surface area contributed by atoms with Crippen LogP contribution in [0.4, 0.5) is 0 Å². The SMILES string of the molecule is CC(C)C(CNC(=O)c1cnc[nH]1)C(=O)O. The Labute approximate surface area is 93.1 Å². The van der Waals surface area contributed by atoms with Crippen LogP contribution in [-0.4, -0.2) is 33.5 Å². The van der Waals surface area contributed by atoms with Gasteiger partial charge in [-0.05, 0) is 5.92 Å². The van der Waals surface area contributed by atoms with Crippen molar-refractivity contribution in [3.8, 4) is 0 Å². The first kappa shape index (κ1) is 12.2. The van der Waals surface area contributed by atoms with Crippen molar-refractivity contribution in [2.75, 3.05) is 6.54 Å². The number of nitrogens with zero attached hydrogens (tertiary/aromatic N) is 1. The minimum atomic E-state index is -0.903. The molecule has 6 heteroatoms. The van der Waals surface area contributed by atoms with E-state index in [1.54, 1.807) is 13.8 Å². The second-order valence-electron chi connectivity index (χ2n) is 3.86. The van der Waals surface area contributed by atoms with E-state index in [-0.39, 0.29) is 18.4 Å². The second kappa shape index (κ2) is 5.29. The van der Waals surface area contributed by atoms with Gasteiger partial charge < -0.3 is 15.4 Å². The quantitative estimate of drug-likeness (QED) is 0.679. The number of rotatable bonds is 5. The molecule has 1 aromatic rings. The molecule has 0 aliphatic rings. The summed E-state index contributed by atoms with van der Waals surface area (Å²) in [5, 5.41) is 11.5. The van der Waals surface area contributed by atoms with Crippen LogP contribution in [0.1, 0.15) is 24.3 Å². The molecule has 1 atom stereocenters. The van der Waals surface area contributed by atoms with E-state index >= 15 is 0 Å². The number of carbonyl (C=O) groups excluding carboxylic acids is 1. The van der Waals surface area contributed by atoms with Crippen molar-refractivity contribution in [2.45, 2.75) is 13.8 Å². The molecular weight excluding hydrogens is 210 g/mol. The van der Waals surface area contributed by atoms with Gasteiger partial charge in [0.05, 0.1) is 18.4 Å². The molecule has 0 aliphatic carbocycles. The molecule has 1 aromatic heterocycles. The number of hydrogen-bond donors (Lipinski definition) is 3. The summed E-state index contributed by atoms with van der Waals surface area (Å²) in [5.41, 5.74) is 0.327. The number of aromatic amines is 1. The lowest BCUT2D eigenvalue weighted by Gasteiger charge is -2.16. The predicted molar refractivity (Wildman–Crippen MR) is 56.9 cm³/mol. The molecular formula is C10H15N3O3. The number of carbonyl (C=O) groups is 2. The molecule has 88 valence electrons. The van der Waals surface area contributed by atoms with Gasteiger partial charge in [0.1, 0.15) is 5.69 Å². The molecule has 0 bridgehead atoms. The topological polar surface area (TPSA) is 95.1 Å². The predicted octanol–water partition coefficient (Wildman–Crippen LogP) is 0.496. The molecule has 1 rings (SSSR count). The van der Waals surface area contributed by atoms with Gasteiger partial charge in [0, 0.05) is 6.54 Å². The number of aromatic nitrogens is 2. The number of carboxylic acids is 1. The van der Waals surface area contributed by atoms with E-state index in [1.165, 1.54) is 12.5 Å². The molecule has 0 fully saturated rings. The molecule has 0 aromatic carbocycles. The lowest BCUT2D eigenvalue weighted by molar-refractivity contribution is -0.142. The Kier molecular flexibility index (Phi) is 4.04. The Morgan fingerprint density at radius 2 is 2.25 bits per heavy atom. The summed E-state index contributed by atoms with van der Waals surface area (Å²) < 4.78 is 0. The molecule has 6 nitrogen and oxygen atoms in total. The van der Waals surface area contributed by atoms with E-state index in [1.807, 2.05) is 0 Å². The second-order valence-corrected chi connectivity index (χ2v) is 3.86. The summed E-state index contributed by atoms with van der Waals surface area (Å²) in [6.07, 6.45) is 2.78. The Morgan fingerprint density at radius 3 is 2.69 bits per heavy atom. The zero-order valence-corrected chi connectivity index (χ0v) is 9.23. The van der Waals surface area contributed by atoms with E-state index in [4.69, 9.17) is 5.11 Å². The van der Waals surface area contributed by atoms with Crippen LogP contribution in [0, 0.1) is 11.8 Å². The number of carboxylic acid groups (broad SMARTS) is 1. The lowest BCUT2D eigenvalue weighted by Crippen LogP contribution is -2.35. The van der Waals surface area contributed by atoms with E-state index in [0.717, 1.165) is 0 Å². The van der Waals surface area contributed by atoms with Crippen molar-refractivity contribution >= 4 is 11.9 Å². The number of aliphatic carboxylic acids is 1. The molecule has 0 radical (unpaired) electrons. The summed E-state index contributed by atoms with van der Waals surface area (Å²) in [6, 6.07) is 0. The molecule has 0 saturated carbocycles. The van der Waals surface area contributed by atoms with Gasteiger partial charge >= 0.3 is 5.97 Å². The highest BCUT2D eigenvalue weighted by Gasteiger charge is 2.22. The summed E-state index contributed by atoms with van der Waals surface area (Å²) in [4.78, 5) is 28.7. The average molecular weight is 225 g/mol. The standard InChI is InChI=1S/C10H15N3O3/c1-6(2)7(10(15)16)3-12-9(14)8-4-11-5-13-8/h4-7H,3H2,1-2H3,(H,11,13)(H,12,14)(H,15,16). The summed E-state index contributed by atoms with van der Waals surface area (Å²) >= 11 is 0. The normalized spacial score (nSPS) is 12.4. The Hall–Kier alpha value is -1.85. The highest BCUT2D eigenvalue weighted by atomic mass is 16.4. The summed E-state index contributed by atoms with van der Waals surface area (Å²) in [7, 11) is 0.